The summed E-state index contributed by atoms with van der Waals surface area (Å²) in [7, 11) is 0. The van der Waals surface area contributed by atoms with E-state index in [2.05, 4.69) is 51.5 Å². The van der Waals surface area contributed by atoms with E-state index in [1.54, 1.807) is 11.3 Å². The van der Waals surface area contributed by atoms with Crippen molar-refractivity contribution in [3.63, 3.8) is 0 Å². The zero-order valence-corrected chi connectivity index (χ0v) is 13.4. The molecule has 0 fully saturated rings. The molecule has 0 saturated heterocycles. The lowest BCUT2D eigenvalue weighted by molar-refractivity contribution is 0.690. The summed E-state index contributed by atoms with van der Waals surface area (Å²) in [4.78, 5) is 1.15. The first-order chi connectivity index (χ1) is 9.63. The lowest BCUT2D eigenvalue weighted by Crippen LogP contribution is -2.00. The third kappa shape index (κ3) is 2.64. The van der Waals surface area contributed by atoms with E-state index in [1.807, 2.05) is 23.0 Å². The van der Waals surface area contributed by atoms with Gasteiger partial charge in [-0.25, -0.2) is 0 Å². The molecule has 0 bridgehead atoms. The maximum absolute atomic E-state index is 6.10. The van der Waals surface area contributed by atoms with E-state index in [9.17, 15) is 0 Å². The molecule has 0 aliphatic carbocycles. The number of aromatic nitrogens is 2. The summed E-state index contributed by atoms with van der Waals surface area (Å²) >= 11 is 5.12. The molecule has 2 N–H and O–H groups in total. The number of nitrogens with zero attached hydrogens (tertiary/aromatic N) is 2. The highest BCUT2D eigenvalue weighted by Gasteiger charge is 2.12. The highest BCUT2D eigenvalue weighted by atomic mass is 79.9. The molecule has 20 heavy (non-hydrogen) atoms. The third-order valence-electron chi connectivity index (χ3n) is 3.12. The van der Waals surface area contributed by atoms with Crippen molar-refractivity contribution < 1.29 is 0 Å². The average Bonchev–Trinajstić information content (AvgIpc) is 2.98. The highest BCUT2D eigenvalue weighted by Crippen LogP contribution is 2.31. The predicted octanol–water partition coefficient (Wildman–Crippen LogP) is 4.31. The number of aryl methyl sites for hydroxylation is 1. The number of hydrogen-bond donors (Lipinski definition) is 1. The van der Waals surface area contributed by atoms with Crippen LogP contribution in [0, 0.1) is 6.92 Å². The Hall–Kier alpha value is -1.59. The van der Waals surface area contributed by atoms with E-state index >= 15 is 0 Å². The minimum absolute atomic E-state index is 0.724. The van der Waals surface area contributed by atoms with Crippen molar-refractivity contribution in [3.8, 4) is 10.6 Å². The Bertz CT molecular complexity index is 728. The summed E-state index contributed by atoms with van der Waals surface area (Å²) < 4.78 is 2.98. The Morgan fingerprint density at radius 3 is 2.65 bits per heavy atom. The van der Waals surface area contributed by atoms with Crippen LogP contribution in [-0.4, -0.2) is 9.78 Å². The molecule has 5 heteroatoms. The standard InChI is InChI=1S/C15H14BrN3S/c1-10-6-7-20-15(10)14-13(17)9-19(18-14)8-11-2-4-12(16)5-3-11/h2-7,9H,8,17H2,1H3. The van der Waals surface area contributed by atoms with Crippen LogP contribution in [0.25, 0.3) is 10.6 Å². The fourth-order valence-corrected chi connectivity index (χ4v) is 3.28. The summed E-state index contributed by atoms with van der Waals surface area (Å²) in [5.41, 5.74) is 10.1. The molecule has 0 unspecified atom stereocenters. The minimum Gasteiger partial charge on any atom is -0.396 e. The molecule has 2 heterocycles. The Balaban J connectivity index is 1.89. The molecule has 0 amide bonds. The van der Waals surface area contributed by atoms with Gasteiger partial charge >= 0.3 is 0 Å². The average molecular weight is 348 g/mol. The minimum atomic E-state index is 0.724. The zero-order valence-electron chi connectivity index (χ0n) is 11.0. The smallest absolute Gasteiger partial charge is 0.125 e. The quantitative estimate of drug-likeness (QED) is 0.766. The summed E-state index contributed by atoms with van der Waals surface area (Å²) in [6.45, 7) is 2.81. The molecule has 3 nitrogen and oxygen atoms in total. The van der Waals surface area contributed by atoms with Gasteiger partial charge in [-0.1, -0.05) is 28.1 Å². The molecule has 1 aromatic carbocycles. The van der Waals surface area contributed by atoms with E-state index in [1.165, 1.54) is 11.1 Å². The van der Waals surface area contributed by atoms with Gasteiger partial charge in [-0.05, 0) is 41.6 Å². The topological polar surface area (TPSA) is 43.8 Å². The summed E-state index contributed by atoms with van der Waals surface area (Å²) in [6.07, 6.45) is 1.90. The number of nitrogen functional groups attached to an aromatic ring is 1. The molecule has 102 valence electrons. The Morgan fingerprint density at radius 1 is 1.25 bits per heavy atom. The lowest BCUT2D eigenvalue weighted by atomic mass is 10.2. The number of rotatable bonds is 3. The van der Waals surface area contributed by atoms with E-state index in [4.69, 9.17) is 5.73 Å². The van der Waals surface area contributed by atoms with E-state index in [-0.39, 0.29) is 0 Å². The fraction of sp³-hybridized carbons (Fsp3) is 0.133. The fourth-order valence-electron chi connectivity index (χ4n) is 2.09. The maximum atomic E-state index is 6.10. The van der Waals surface area contributed by atoms with Gasteiger partial charge in [-0.3, -0.25) is 4.68 Å². The van der Waals surface area contributed by atoms with Gasteiger partial charge in [0, 0.05) is 10.7 Å². The number of halogens is 1. The zero-order chi connectivity index (χ0) is 14.1. The van der Waals surface area contributed by atoms with Crippen LogP contribution in [0.5, 0.6) is 0 Å². The molecule has 3 rings (SSSR count). The van der Waals surface area contributed by atoms with Crippen molar-refractivity contribution >= 4 is 33.0 Å². The van der Waals surface area contributed by atoms with Crippen LogP contribution in [0.4, 0.5) is 5.69 Å². The van der Waals surface area contributed by atoms with Gasteiger partial charge in [-0.2, -0.15) is 5.10 Å². The van der Waals surface area contributed by atoms with Crippen molar-refractivity contribution in [3.05, 3.63) is 57.5 Å². The van der Waals surface area contributed by atoms with Gasteiger partial charge in [0.15, 0.2) is 0 Å². The molecule has 3 aromatic rings. The van der Waals surface area contributed by atoms with Crippen LogP contribution in [0.2, 0.25) is 0 Å². The summed E-state index contributed by atoms with van der Waals surface area (Å²) in [5.74, 6) is 0. The lowest BCUT2D eigenvalue weighted by Gasteiger charge is -2.02. The molecular formula is C15H14BrN3S. The Morgan fingerprint density at radius 2 is 2.00 bits per heavy atom. The van der Waals surface area contributed by atoms with Crippen molar-refractivity contribution in [2.75, 3.05) is 5.73 Å². The molecule has 2 aromatic heterocycles. The van der Waals surface area contributed by atoms with E-state index in [0.29, 0.717) is 0 Å². The molecule has 0 radical (unpaired) electrons. The van der Waals surface area contributed by atoms with Gasteiger partial charge in [0.05, 0.1) is 17.1 Å². The third-order valence-corrected chi connectivity index (χ3v) is 4.68. The first-order valence-corrected chi connectivity index (χ1v) is 7.92. The number of benzene rings is 1. The van der Waals surface area contributed by atoms with Gasteiger partial charge in [0.25, 0.3) is 0 Å². The molecular weight excluding hydrogens is 334 g/mol. The molecule has 0 aliphatic rings. The highest BCUT2D eigenvalue weighted by molar-refractivity contribution is 9.10. The Labute approximate surface area is 130 Å². The molecule has 0 atom stereocenters. The Kier molecular flexibility index (Phi) is 3.63. The molecule has 0 spiro atoms. The van der Waals surface area contributed by atoms with Crippen LogP contribution in [0.1, 0.15) is 11.1 Å². The van der Waals surface area contributed by atoms with E-state index < -0.39 is 0 Å². The van der Waals surface area contributed by atoms with Crippen molar-refractivity contribution in [1.29, 1.82) is 0 Å². The number of thiophene rings is 1. The first kappa shape index (κ1) is 13.4. The normalized spacial score (nSPS) is 10.9. The van der Waals surface area contributed by atoms with Crippen LogP contribution in [-0.2, 0) is 6.54 Å². The maximum Gasteiger partial charge on any atom is 0.125 e. The second kappa shape index (κ2) is 5.42. The van der Waals surface area contributed by atoms with Gasteiger partial charge < -0.3 is 5.73 Å². The van der Waals surface area contributed by atoms with E-state index in [0.717, 1.165) is 27.3 Å². The van der Waals surface area contributed by atoms with Crippen molar-refractivity contribution in [1.82, 2.24) is 9.78 Å². The number of nitrogens with two attached hydrogens (primary N) is 1. The van der Waals surface area contributed by atoms with Gasteiger partial charge in [-0.15, -0.1) is 11.3 Å². The number of hydrogen-bond acceptors (Lipinski definition) is 3. The van der Waals surface area contributed by atoms with Crippen molar-refractivity contribution in [2.45, 2.75) is 13.5 Å². The number of anilines is 1. The van der Waals surface area contributed by atoms with Crippen LogP contribution in [0.3, 0.4) is 0 Å². The van der Waals surface area contributed by atoms with Crippen LogP contribution >= 0.6 is 27.3 Å². The monoisotopic (exact) mass is 347 g/mol. The SMILES string of the molecule is Cc1ccsc1-c1nn(Cc2ccc(Br)cc2)cc1N. The van der Waals surface area contributed by atoms with Crippen molar-refractivity contribution in [2.24, 2.45) is 0 Å². The largest absolute Gasteiger partial charge is 0.396 e. The second-order valence-corrected chi connectivity index (χ2v) is 6.52. The van der Waals surface area contributed by atoms with Crippen LogP contribution in [0.15, 0.2) is 46.4 Å². The molecule has 0 aliphatic heterocycles. The summed E-state index contributed by atoms with van der Waals surface area (Å²) in [6, 6.07) is 10.3. The van der Waals surface area contributed by atoms with Gasteiger partial charge in [0.1, 0.15) is 5.69 Å². The van der Waals surface area contributed by atoms with Crippen LogP contribution < -0.4 is 5.73 Å². The summed E-state index contributed by atoms with van der Waals surface area (Å²) in [5, 5.41) is 6.69. The first-order valence-electron chi connectivity index (χ1n) is 6.25. The predicted molar refractivity (Wildman–Crippen MR) is 87.9 cm³/mol. The van der Waals surface area contributed by atoms with Gasteiger partial charge in [0.2, 0.25) is 0 Å². The second-order valence-electron chi connectivity index (χ2n) is 4.69. The molecule has 0 saturated carbocycles.